The number of amides is 1. The zero-order valence-corrected chi connectivity index (χ0v) is 16.2. The Morgan fingerprint density at radius 1 is 1.21 bits per heavy atom. The third-order valence-corrected chi connectivity index (χ3v) is 5.93. The molecule has 0 spiro atoms. The van der Waals surface area contributed by atoms with Crippen molar-refractivity contribution in [3.63, 3.8) is 0 Å². The summed E-state index contributed by atoms with van der Waals surface area (Å²) in [6.07, 6.45) is 0. The molecule has 0 saturated heterocycles. The summed E-state index contributed by atoms with van der Waals surface area (Å²) in [5.74, 6) is -1.67. The van der Waals surface area contributed by atoms with Crippen molar-refractivity contribution < 1.29 is 18.0 Å². The summed E-state index contributed by atoms with van der Waals surface area (Å²) in [4.78, 5) is 12.8. The van der Waals surface area contributed by atoms with Crippen LogP contribution in [0.2, 0.25) is 0 Å². The second kappa shape index (κ2) is 7.69. The summed E-state index contributed by atoms with van der Waals surface area (Å²) >= 11 is 2.90. The van der Waals surface area contributed by atoms with E-state index >= 15 is 0 Å². The molecule has 0 saturated carbocycles. The molecule has 28 heavy (non-hydrogen) atoms. The van der Waals surface area contributed by atoms with Crippen molar-refractivity contribution in [3.8, 4) is 0 Å². The van der Waals surface area contributed by atoms with Gasteiger partial charge in [0.2, 0.25) is 0 Å². The fraction of sp³-hybridized carbons (Fsp3) is 0.105. The van der Waals surface area contributed by atoms with E-state index in [1.165, 1.54) is 29.2 Å². The van der Waals surface area contributed by atoms with Crippen LogP contribution in [0.3, 0.4) is 0 Å². The second-order valence-electron chi connectivity index (χ2n) is 5.86. The van der Waals surface area contributed by atoms with Crippen LogP contribution in [0.1, 0.15) is 21.1 Å². The molecule has 0 atom stereocenters. The van der Waals surface area contributed by atoms with E-state index in [-0.39, 0.29) is 11.4 Å². The first-order valence-corrected chi connectivity index (χ1v) is 10.0. The van der Waals surface area contributed by atoms with E-state index in [0.29, 0.717) is 23.0 Å². The Kier molecular flexibility index (Phi) is 5.10. The highest BCUT2D eigenvalue weighted by atomic mass is 32.2. The van der Waals surface area contributed by atoms with E-state index in [0.717, 1.165) is 20.8 Å². The summed E-state index contributed by atoms with van der Waals surface area (Å²) in [6, 6.07) is 10.2. The largest absolute Gasteiger partial charge is 0.451 e. The molecule has 5 nitrogen and oxygen atoms in total. The highest BCUT2D eigenvalue weighted by Gasteiger charge is 2.22. The minimum atomic E-state index is -0.857. The van der Waals surface area contributed by atoms with Crippen molar-refractivity contribution in [2.24, 2.45) is 0 Å². The normalized spacial score (nSPS) is 11.1. The Morgan fingerprint density at radius 2 is 2.04 bits per heavy atom. The van der Waals surface area contributed by atoms with Crippen LogP contribution in [0.4, 0.5) is 14.5 Å². The fourth-order valence-electron chi connectivity index (χ4n) is 2.67. The van der Waals surface area contributed by atoms with Crippen molar-refractivity contribution in [2.75, 3.05) is 5.32 Å². The minimum Gasteiger partial charge on any atom is -0.451 e. The summed E-state index contributed by atoms with van der Waals surface area (Å²) in [5.41, 5.74) is 1.11. The predicted molar refractivity (Wildman–Crippen MR) is 105 cm³/mol. The maximum Gasteiger partial charge on any atom is 0.291 e. The van der Waals surface area contributed by atoms with Crippen molar-refractivity contribution in [3.05, 3.63) is 70.4 Å². The molecule has 4 rings (SSSR count). The number of rotatable bonds is 5. The number of furan rings is 1. The number of carbonyl (C=O) groups excluding carboxylic acids is 1. The summed E-state index contributed by atoms with van der Waals surface area (Å²) in [6.45, 7) is 1.87. The number of nitrogens with zero attached hydrogens (tertiary/aromatic N) is 2. The topological polar surface area (TPSA) is 68.0 Å². The first-order chi connectivity index (χ1) is 13.5. The van der Waals surface area contributed by atoms with Crippen LogP contribution in [-0.2, 0) is 5.75 Å². The van der Waals surface area contributed by atoms with Gasteiger partial charge in [-0.25, -0.2) is 8.78 Å². The first-order valence-electron chi connectivity index (χ1n) is 8.21. The molecule has 0 unspecified atom stereocenters. The Balaban J connectivity index is 1.66. The maximum atomic E-state index is 13.9. The minimum absolute atomic E-state index is 0.0821. The van der Waals surface area contributed by atoms with Crippen molar-refractivity contribution in [2.45, 2.75) is 17.0 Å². The van der Waals surface area contributed by atoms with Gasteiger partial charge >= 0.3 is 0 Å². The molecular formula is C19H13F2N3O2S2. The molecule has 1 N–H and O–H groups in total. The third kappa shape index (κ3) is 3.76. The van der Waals surface area contributed by atoms with Crippen molar-refractivity contribution in [1.29, 1.82) is 0 Å². The number of benzene rings is 2. The van der Waals surface area contributed by atoms with E-state index in [1.807, 2.05) is 19.1 Å². The molecule has 1 amide bonds. The number of para-hydroxylation sites is 1. The van der Waals surface area contributed by atoms with E-state index < -0.39 is 17.5 Å². The summed E-state index contributed by atoms with van der Waals surface area (Å²) in [5, 5.41) is 12.1. The lowest BCUT2D eigenvalue weighted by Gasteiger charge is -2.06. The predicted octanol–water partition coefficient (Wildman–Crippen LogP) is 5.42. The molecule has 4 aromatic rings. The molecule has 0 radical (unpaired) electrons. The quantitative estimate of drug-likeness (QED) is 0.440. The van der Waals surface area contributed by atoms with Crippen LogP contribution < -0.4 is 5.32 Å². The van der Waals surface area contributed by atoms with E-state index in [4.69, 9.17) is 4.42 Å². The van der Waals surface area contributed by atoms with Gasteiger partial charge in [-0.1, -0.05) is 41.3 Å². The number of anilines is 1. The van der Waals surface area contributed by atoms with E-state index in [1.54, 1.807) is 12.1 Å². The molecule has 0 fully saturated rings. The van der Waals surface area contributed by atoms with Gasteiger partial charge in [0.15, 0.2) is 10.1 Å². The Bertz CT molecular complexity index is 1170. The average molecular weight is 417 g/mol. The molecule has 0 aliphatic rings. The highest BCUT2D eigenvalue weighted by molar-refractivity contribution is 8.00. The number of halogens is 2. The van der Waals surface area contributed by atoms with Crippen LogP contribution in [0, 0.1) is 18.6 Å². The molecule has 9 heteroatoms. The number of nitrogens with one attached hydrogen (secondary N) is 1. The van der Waals surface area contributed by atoms with Crippen LogP contribution in [-0.4, -0.2) is 16.1 Å². The number of hydrogen-bond acceptors (Lipinski definition) is 6. The standard InChI is InChI=1S/C19H13F2N3O2S2/c1-10-23-24-19(28-10)27-9-13-12-4-2-3-5-16(12)26-17(13)18(25)22-15-7-6-11(20)8-14(15)21/h2-8H,9H2,1H3,(H,22,25). The van der Waals surface area contributed by atoms with Crippen LogP contribution in [0.15, 0.2) is 51.2 Å². The molecule has 0 aliphatic heterocycles. The van der Waals surface area contributed by atoms with Gasteiger partial charge in [0, 0.05) is 22.8 Å². The lowest BCUT2D eigenvalue weighted by atomic mass is 10.1. The van der Waals surface area contributed by atoms with Gasteiger partial charge in [-0.2, -0.15) is 0 Å². The van der Waals surface area contributed by atoms with Gasteiger partial charge in [-0.15, -0.1) is 10.2 Å². The van der Waals surface area contributed by atoms with Crippen LogP contribution in [0.25, 0.3) is 11.0 Å². The van der Waals surface area contributed by atoms with Gasteiger partial charge in [0.1, 0.15) is 22.2 Å². The van der Waals surface area contributed by atoms with E-state index in [2.05, 4.69) is 15.5 Å². The number of aryl methyl sites for hydroxylation is 1. The van der Waals surface area contributed by atoms with E-state index in [9.17, 15) is 13.6 Å². The number of thioether (sulfide) groups is 1. The van der Waals surface area contributed by atoms with Gasteiger partial charge in [0.25, 0.3) is 5.91 Å². The number of fused-ring (bicyclic) bond motifs is 1. The van der Waals surface area contributed by atoms with Crippen LogP contribution in [0.5, 0.6) is 0 Å². The smallest absolute Gasteiger partial charge is 0.291 e. The van der Waals surface area contributed by atoms with Gasteiger partial charge in [-0.3, -0.25) is 4.79 Å². The molecule has 0 bridgehead atoms. The monoisotopic (exact) mass is 417 g/mol. The molecule has 2 aromatic heterocycles. The van der Waals surface area contributed by atoms with Gasteiger partial charge in [0.05, 0.1) is 5.69 Å². The zero-order valence-electron chi connectivity index (χ0n) is 14.5. The second-order valence-corrected chi connectivity index (χ2v) is 8.26. The average Bonchev–Trinajstić information content (AvgIpc) is 3.25. The third-order valence-electron chi connectivity index (χ3n) is 3.93. The molecule has 142 valence electrons. The number of carbonyl (C=O) groups is 1. The number of aromatic nitrogens is 2. The molecule has 0 aliphatic carbocycles. The fourth-order valence-corrected chi connectivity index (χ4v) is 4.51. The lowest BCUT2D eigenvalue weighted by Crippen LogP contribution is -2.14. The Labute approximate surface area is 166 Å². The van der Waals surface area contributed by atoms with Crippen molar-refractivity contribution in [1.82, 2.24) is 10.2 Å². The van der Waals surface area contributed by atoms with Crippen molar-refractivity contribution >= 4 is 45.7 Å². The Morgan fingerprint density at radius 3 is 2.79 bits per heavy atom. The van der Waals surface area contributed by atoms with Gasteiger partial charge in [-0.05, 0) is 25.1 Å². The summed E-state index contributed by atoms with van der Waals surface area (Å²) < 4.78 is 33.5. The first kappa shape index (κ1) is 18.6. The Hall–Kier alpha value is -2.78. The van der Waals surface area contributed by atoms with Gasteiger partial charge < -0.3 is 9.73 Å². The lowest BCUT2D eigenvalue weighted by molar-refractivity contribution is 0.0997. The zero-order chi connectivity index (χ0) is 19.7. The number of hydrogen-bond donors (Lipinski definition) is 1. The molecular weight excluding hydrogens is 404 g/mol. The summed E-state index contributed by atoms with van der Waals surface area (Å²) in [7, 11) is 0. The SMILES string of the molecule is Cc1nnc(SCc2c(C(=O)Nc3ccc(F)cc3F)oc3ccccc23)s1. The highest BCUT2D eigenvalue weighted by Crippen LogP contribution is 2.33. The maximum absolute atomic E-state index is 13.9. The van der Waals surface area contributed by atoms with Crippen LogP contribution >= 0.6 is 23.1 Å². The molecule has 2 heterocycles. The molecule has 2 aromatic carbocycles.